The van der Waals surface area contributed by atoms with Gasteiger partial charge in [0.1, 0.15) is 0 Å². The van der Waals surface area contributed by atoms with Crippen LogP contribution in [0.4, 0.5) is 0 Å². The van der Waals surface area contributed by atoms with Crippen molar-refractivity contribution in [2.24, 2.45) is 0 Å². The molecule has 0 unspecified atom stereocenters. The van der Waals surface area contributed by atoms with Gasteiger partial charge in [-0.2, -0.15) is 0 Å². The van der Waals surface area contributed by atoms with E-state index in [0.717, 1.165) is 28.6 Å². The van der Waals surface area contributed by atoms with Gasteiger partial charge in [-0.1, -0.05) is 12.1 Å². The van der Waals surface area contributed by atoms with Gasteiger partial charge in [0.05, 0.1) is 5.52 Å². The molecule has 1 heterocycles. The van der Waals surface area contributed by atoms with Crippen molar-refractivity contribution in [3.8, 4) is 0 Å². The van der Waals surface area contributed by atoms with Crippen molar-refractivity contribution in [2.75, 3.05) is 13.1 Å². The Hall–Kier alpha value is -1.88. The third-order valence-corrected chi connectivity index (χ3v) is 3.93. The maximum absolute atomic E-state index is 12.2. The molecule has 0 aliphatic carbocycles. The summed E-state index contributed by atoms with van der Waals surface area (Å²) in [5.74, 6) is 0. The molecular weight excluding hydrogens is 282 g/mol. The minimum Gasteiger partial charge on any atom is -0.363 e. The van der Waals surface area contributed by atoms with Gasteiger partial charge in [0, 0.05) is 18.7 Å². The van der Waals surface area contributed by atoms with E-state index in [9.17, 15) is 4.79 Å². The van der Waals surface area contributed by atoms with Crippen LogP contribution in [0.2, 0.25) is 0 Å². The summed E-state index contributed by atoms with van der Waals surface area (Å²) < 4.78 is 0. The molecule has 0 bridgehead atoms. The first kappa shape index (κ1) is 15.5. The molecule has 0 saturated heterocycles. The molecular formula is C16H21N3OS. The number of aryl methyl sites for hydroxylation is 2. The largest absolute Gasteiger partial charge is 0.363 e. The molecule has 0 spiro atoms. The number of nitrogens with one attached hydrogen (secondary N) is 3. The minimum atomic E-state index is -0.0210. The summed E-state index contributed by atoms with van der Waals surface area (Å²) in [7, 11) is 0. The number of pyridine rings is 1. The molecule has 0 aliphatic rings. The van der Waals surface area contributed by atoms with Crippen LogP contribution in [-0.2, 0) is 6.42 Å². The van der Waals surface area contributed by atoms with Crippen LogP contribution < -0.4 is 16.2 Å². The predicted molar refractivity (Wildman–Crippen MR) is 92.0 cm³/mol. The van der Waals surface area contributed by atoms with Crippen molar-refractivity contribution in [1.82, 2.24) is 15.6 Å². The Morgan fingerprint density at radius 2 is 2.05 bits per heavy atom. The predicted octanol–water partition coefficient (Wildman–Crippen LogP) is 2.17. The summed E-state index contributed by atoms with van der Waals surface area (Å²) in [6, 6.07) is 6.10. The first-order valence-corrected chi connectivity index (χ1v) is 7.57. The number of H-pyrrole nitrogens is 1. The van der Waals surface area contributed by atoms with Gasteiger partial charge in [-0.25, -0.2) is 0 Å². The molecule has 2 rings (SSSR count). The van der Waals surface area contributed by atoms with Crippen LogP contribution in [0.15, 0.2) is 23.0 Å². The number of aromatic amines is 1. The van der Waals surface area contributed by atoms with Crippen molar-refractivity contribution < 1.29 is 0 Å². The first-order chi connectivity index (χ1) is 10.0. The molecule has 0 aliphatic heterocycles. The minimum absolute atomic E-state index is 0.0210. The quantitative estimate of drug-likeness (QED) is 0.758. The zero-order valence-corrected chi connectivity index (χ0v) is 13.5. The molecule has 1 aromatic carbocycles. The van der Waals surface area contributed by atoms with Crippen molar-refractivity contribution in [3.05, 3.63) is 45.2 Å². The van der Waals surface area contributed by atoms with Gasteiger partial charge in [-0.05, 0) is 62.0 Å². The van der Waals surface area contributed by atoms with Gasteiger partial charge >= 0.3 is 0 Å². The Morgan fingerprint density at radius 1 is 1.29 bits per heavy atom. The number of aromatic nitrogens is 1. The topological polar surface area (TPSA) is 56.9 Å². The highest BCUT2D eigenvalue weighted by molar-refractivity contribution is 7.80. The molecule has 112 valence electrons. The smallest absolute Gasteiger partial charge is 0.251 e. The molecule has 0 amide bonds. The van der Waals surface area contributed by atoms with Crippen LogP contribution in [0.1, 0.15) is 23.6 Å². The lowest BCUT2D eigenvalue weighted by Gasteiger charge is -2.10. The fourth-order valence-corrected chi connectivity index (χ4v) is 2.54. The van der Waals surface area contributed by atoms with Gasteiger partial charge in [0.25, 0.3) is 5.56 Å². The van der Waals surface area contributed by atoms with Gasteiger partial charge in [-0.15, -0.1) is 0 Å². The SMILES string of the molecule is CCNC(=S)NCCc1cc2ccc(C)c(C)c2[nH]c1=O. The summed E-state index contributed by atoms with van der Waals surface area (Å²) in [6.07, 6.45) is 0.643. The Bertz CT molecular complexity index is 721. The molecule has 0 radical (unpaired) electrons. The lowest BCUT2D eigenvalue weighted by molar-refractivity contribution is 0.823. The highest BCUT2D eigenvalue weighted by Gasteiger charge is 2.06. The van der Waals surface area contributed by atoms with E-state index < -0.39 is 0 Å². The Morgan fingerprint density at radius 3 is 2.76 bits per heavy atom. The Kier molecular flexibility index (Phi) is 4.96. The van der Waals surface area contributed by atoms with E-state index in [-0.39, 0.29) is 5.56 Å². The molecule has 1 aromatic heterocycles. The van der Waals surface area contributed by atoms with E-state index in [4.69, 9.17) is 12.2 Å². The molecule has 0 saturated carbocycles. The van der Waals surface area contributed by atoms with Crippen LogP contribution in [0, 0.1) is 13.8 Å². The van der Waals surface area contributed by atoms with E-state index in [1.807, 2.05) is 32.9 Å². The number of hydrogen-bond donors (Lipinski definition) is 3. The van der Waals surface area contributed by atoms with Crippen LogP contribution in [0.3, 0.4) is 0 Å². The van der Waals surface area contributed by atoms with E-state index >= 15 is 0 Å². The molecule has 3 N–H and O–H groups in total. The van der Waals surface area contributed by atoms with Crippen LogP contribution in [0.5, 0.6) is 0 Å². The van der Waals surface area contributed by atoms with Gasteiger partial charge in [-0.3, -0.25) is 4.79 Å². The highest BCUT2D eigenvalue weighted by atomic mass is 32.1. The number of fused-ring (bicyclic) bond motifs is 1. The average Bonchev–Trinajstić information content (AvgIpc) is 2.45. The van der Waals surface area contributed by atoms with Gasteiger partial charge in [0.15, 0.2) is 5.11 Å². The van der Waals surface area contributed by atoms with E-state index in [1.165, 1.54) is 5.56 Å². The Balaban J connectivity index is 2.18. The number of rotatable bonds is 4. The fraction of sp³-hybridized carbons (Fsp3) is 0.375. The Labute approximate surface area is 130 Å². The van der Waals surface area contributed by atoms with E-state index in [0.29, 0.717) is 18.1 Å². The third kappa shape index (κ3) is 3.61. The van der Waals surface area contributed by atoms with Crippen molar-refractivity contribution in [3.63, 3.8) is 0 Å². The summed E-state index contributed by atoms with van der Waals surface area (Å²) in [4.78, 5) is 15.2. The van der Waals surface area contributed by atoms with E-state index in [1.54, 1.807) is 0 Å². The fourth-order valence-electron chi connectivity index (χ4n) is 2.29. The third-order valence-electron chi connectivity index (χ3n) is 3.65. The molecule has 21 heavy (non-hydrogen) atoms. The zero-order valence-electron chi connectivity index (χ0n) is 12.7. The monoisotopic (exact) mass is 303 g/mol. The number of benzene rings is 1. The van der Waals surface area contributed by atoms with Gasteiger partial charge in [0.2, 0.25) is 0 Å². The second kappa shape index (κ2) is 6.72. The van der Waals surface area contributed by atoms with Crippen molar-refractivity contribution in [1.29, 1.82) is 0 Å². The van der Waals surface area contributed by atoms with Crippen molar-refractivity contribution >= 4 is 28.2 Å². The first-order valence-electron chi connectivity index (χ1n) is 7.16. The van der Waals surface area contributed by atoms with Crippen LogP contribution >= 0.6 is 12.2 Å². The van der Waals surface area contributed by atoms with Crippen LogP contribution in [0.25, 0.3) is 10.9 Å². The maximum Gasteiger partial charge on any atom is 0.251 e. The van der Waals surface area contributed by atoms with Crippen LogP contribution in [-0.4, -0.2) is 23.2 Å². The summed E-state index contributed by atoms with van der Waals surface area (Å²) in [5, 5.41) is 7.82. The normalized spacial score (nSPS) is 10.6. The van der Waals surface area contributed by atoms with Crippen molar-refractivity contribution in [2.45, 2.75) is 27.2 Å². The maximum atomic E-state index is 12.2. The lowest BCUT2D eigenvalue weighted by Crippen LogP contribution is -2.36. The van der Waals surface area contributed by atoms with E-state index in [2.05, 4.69) is 21.7 Å². The van der Waals surface area contributed by atoms with Gasteiger partial charge < -0.3 is 15.6 Å². The zero-order chi connectivity index (χ0) is 15.4. The molecule has 0 fully saturated rings. The highest BCUT2D eigenvalue weighted by Crippen LogP contribution is 2.18. The standard InChI is InChI=1S/C16H21N3OS/c1-4-17-16(21)18-8-7-13-9-12-6-5-10(2)11(3)14(12)19-15(13)20/h5-6,9H,4,7-8H2,1-3H3,(H,19,20)(H2,17,18,21). The molecule has 5 heteroatoms. The summed E-state index contributed by atoms with van der Waals surface area (Å²) in [5.41, 5.74) is 4.00. The molecule has 2 aromatic rings. The molecule has 0 atom stereocenters. The molecule has 4 nitrogen and oxygen atoms in total. The number of thiocarbonyl (C=S) groups is 1. The second-order valence-electron chi connectivity index (χ2n) is 5.13. The number of hydrogen-bond acceptors (Lipinski definition) is 2. The average molecular weight is 303 g/mol. The second-order valence-corrected chi connectivity index (χ2v) is 5.54. The summed E-state index contributed by atoms with van der Waals surface area (Å²) in [6.45, 7) is 7.51. The summed E-state index contributed by atoms with van der Waals surface area (Å²) >= 11 is 5.10. The lowest BCUT2D eigenvalue weighted by atomic mass is 10.0.